The van der Waals surface area contributed by atoms with Crippen molar-refractivity contribution in [1.82, 2.24) is 31.0 Å². The van der Waals surface area contributed by atoms with Gasteiger partial charge in [0.15, 0.2) is 0 Å². The van der Waals surface area contributed by atoms with Crippen LogP contribution in [0.4, 0.5) is 10.3 Å². The first-order chi connectivity index (χ1) is 26.4. The van der Waals surface area contributed by atoms with Crippen LogP contribution < -0.4 is 21.3 Å². The molecule has 2 aromatic carbocycles. The van der Waals surface area contributed by atoms with E-state index in [0.717, 1.165) is 85.8 Å². The molecule has 0 aliphatic carbocycles. The maximum atomic E-state index is 13.4. The fraction of sp³-hybridized carbons (Fsp3) is 0.474. The standard InChI is InChI=1S/C38H46N8O6S2/c47-33(29(25-9-3-1-4-10-25)23-51-35(49)27-15-19-39-20-16-27)41-37-45-43-31(53-37)13-7-8-14-32-44-46-38(54-32)42-34(48)30(26-11-5-2-6-12-26)24-52-36(50)28-17-21-40-22-18-28/h1-6,9-12,27-30,39-40H,7-8,13-24H2,(H,41,45,47)(H,42,46,48). The minimum absolute atomic E-state index is 0.0526. The summed E-state index contributed by atoms with van der Waals surface area (Å²) in [6, 6.07) is 18.5. The van der Waals surface area contributed by atoms with Crippen molar-refractivity contribution in [2.24, 2.45) is 11.8 Å². The molecule has 0 spiro atoms. The second-order valence-corrected chi connectivity index (χ2v) is 15.5. The van der Waals surface area contributed by atoms with Gasteiger partial charge in [-0.3, -0.25) is 29.8 Å². The minimum Gasteiger partial charge on any atom is -0.464 e. The van der Waals surface area contributed by atoms with E-state index in [9.17, 15) is 19.2 Å². The first-order valence-corrected chi connectivity index (χ1v) is 20.2. The van der Waals surface area contributed by atoms with Crippen molar-refractivity contribution >= 4 is 56.7 Å². The number of esters is 2. The lowest BCUT2D eigenvalue weighted by molar-refractivity contribution is -0.151. The van der Waals surface area contributed by atoms with E-state index in [0.29, 0.717) is 23.1 Å². The van der Waals surface area contributed by atoms with Crippen LogP contribution in [0.3, 0.4) is 0 Å². The summed E-state index contributed by atoms with van der Waals surface area (Å²) in [4.78, 5) is 52.2. The van der Waals surface area contributed by atoms with Crippen LogP contribution in [0.5, 0.6) is 0 Å². The van der Waals surface area contributed by atoms with Gasteiger partial charge in [0.2, 0.25) is 22.1 Å². The van der Waals surface area contributed by atoms with E-state index in [1.54, 1.807) is 0 Å². The number of aryl methyl sites for hydroxylation is 2. The van der Waals surface area contributed by atoms with Crippen LogP contribution in [0.25, 0.3) is 0 Å². The van der Waals surface area contributed by atoms with Crippen molar-refractivity contribution in [3.8, 4) is 0 Å². The highest BCUT2D eigenvalue weighted by Crippen LogP contribution is 2.26. The Morgan fingerprint density at radius 2 is 1.00 bits per heavy atom. The highest BCUT2D eigenvalue weighted by Gasteiger charge is 2.29. The lowest BCUT2D eigenvalue weighted by Crippen LogP contribution is -2.34. The van der Waals surface area contributed by atoms with E-state index >= 15 is 0 Å². The Morgan fingerprint density at radius 1 is 0.611 bits per heavy atom. The number of anilines is 2. The Hall–Kier alpha value is -4.64. The lowest BCUT2D eigenvalue weighted by atomic mass is 9.97. The van der Waals surface area contributed by atoms with Gasteiger partial charge in [-0.1, -0.05) is 83.3 Å². The molecule has 54 heavy (non-hydrogen) atoms. The number of rotatable bonds is 17. The minimum atomic E-state index is -0.684. The Balaban J connectivity index is 0.952. The number of carbonyl (C=O) groups excluding carboxylic acids is 4. The molecule has 16 heteroatoms. The summed E-state index contributed by atoms with van der Waals surface area (Å²) in [7, 11) is 0. The molecular weight excluding hydrogens is 729 g/mol. The van der Waals surface area contributed by atoms with Crippen molar-refractivity contribution in [1.29, 1.82) is 0 Å². The van der Waals surface area contributed by atoms with Crippen LogP contribution in [0.1, 0.15) is 71.5 Å². The van der Waals surface area contributed by atoms with Crippen LogP contribution in [-0.2, 0) is 41.5 Å². The average Bonchev–Trinajstić information content (AvgIpc) is 3.86. The lowest BCUT2D eigenvalue weighted by Gasteiger charge is -2.22. The third-order valence-corrected chi connectivity index (χ3v) is 11.4. The molecular formula is C38H46N8O6S2. The molecule has 0 saturated carbocycles. The summed E-state index contributed by atoms with van der Waals surface area (Å²) >= 11 is 2.63. The van der Waals surface area contributed by atoms with Crippen LogP contribution in [0.15, 0.2) is 60.7 Å². The van der Waals surface area contributed by atoms with E-state index in [1.807, 2.05) is 60.7 Å². The van der Waals surface area contributed by atoms with Gasteiger partial charge in [0.1, 0.15) is 23.2 Å². The zero-order valence-corrected chi connectivity index (χ0v) is 31.7. The SMILES string of the molecule is O=C(OCC(C(=O)Nc1nnc(CCCCc2nnc(NC(=O)C(COC(=O)C3CCNCC3)c3ccccc3)s2)s1)c1ccccc1)C1CCNCC1. The average molecular weight is 775 g/mol. The van der Waals surface area contributed by atoms with Crippen LogP contribution in [-0.4, -0.2) is 83.5 Å². The largest absolute Gasteiger partial charge is 0.464 e. The number of hydrogen-bond donors (Lipinski definition) is 4. The number of nitrogens with zero attached hydrogens (tertiary/aromatic N) is 4. The molecule has 4 heterocycles. The molecule has 0 radical (unpaired) electrons. The molecule has 286 valence electrons. The predicted molar refractivity (Wildman–Crippen MR) is 205 cm³/mol. The van der Waals surface area contributed by atoms with Gasteiger partial charge >= 0.3 is 11.9 Å². The maximum Gasteiger partial charge on any atom is 0.309 e. The number of piperidine rings is 2. The molecule has 6 rings (SSSR count). The molecule has 14 nitrogen and oxygen atoms in total. The van der Waals surface area contributed by atoms with Crippen LogP contribution >= 0.6 is 22.7 Å². The van der Waals surface area contributed by atoms with Crippen LogP contribution in [0.2, 0.25) is 0 Å². The zero-order chi connectivity index (χ0) is 37.5. The molecule has 2 amide bonds. The topological polar surface area (TPSA) is 186 Å². The van der Waals surface area contributed by atoms with Crippen molar-refractivity contribution in [2.45, 2.75) is 63.2 Å². The molecule has 4 aromatic rings. The first kappa shape index (κ1) is 39.1. The van der Waals surface area contributed by atoms with E-state index in [4.69, 9.17) is 9.47 Å². The molecule has 2 aliphatic heterocycles. The smallest absolute Gasteiger partial charge is 0.309 e. The fourth-order valence-corrected chi connectivity index (χ4v) is 8.02. The normalized spacial score (nSPS) is 16.2. The number of nitrogens with one attached hydrogen (secondary N) is 4. The Kier molecular flexibility index (Phi) is 14.6. The van der Waals surface area contributed by atoms with Gasteiger partial charge < -0.3 is 20.1 Å². The number of aromatic nitrogens is 4. The monoisotopic (exact) mass is 774 g/mol. The Labute approximate surface area is 322 Å². The van der Waals surface area contributed by atoms with E-state index < -0.39 is 11.8 Å². The van der Waals surface area contributed by atoms with Gasteiger partial charge in [0, 0.05) is 12.8 Å². The third kappa shape index (κ3) is 11.4. The van der Waals surface area contributed by atoms with Gasteiger partial charge in [0.25, 0.3) is 0 Å². The van der Waals surface area contributed by atoms with Crippen molar-refractivity contribution in [3.63, 3.8) is 0 Å². The second-order valence-electron chi connectivity index (χ2n) is 13.4. The van der Waals surface area contributed by atoms with Crippen molar-refractivity contribution in [3.05, 3.63) is 81.8 Å². The van der Waals surface area contributed by atoms with Gasteiger partial charge in [-0.2, -0.15) is 0 Å². The molecule has 2 atom stereocenters. The number of ether oxygens (including phenoxy) is 2. The Bertz CT molecular complexity index is 1680. The third-order valence-electron chi connectivity index (χ3n) is 9.59. The molecule has 4 N–H and O–H groups in total. The predicted octanol–water partition coefficient (Wildman–Crippen LogP) is 4.49. The summed E-state index contributed by atoms with van der Waals surface area (Å²) in [5, 5.41) is 31.5. The number of hydrogen-bond acceptors (Lipinski definition) is 14. The first-order valence-electron chi connectivity index (χ1n) is 18.5. The van der Waals surface area contributed by atoms with Gasteiger partial charge in [0.05, 0.1) is 23.7 Å². The number of carbonyl (C=O) groups is 4. The highest BCUT2D eigenvalue weighted by molar-refractivity contribution is 7.15. The number of benzene rings is 2. The van der Waals surface area contributed by atoms with E-state index in [-0.39, 0.29) is 48.8 Å². The highest BCUT2D eigenvalue weighted by atomic mass is 32.1. The number of unbranched alkanes of at least 4 members (excludes halogenated alkanes) is 1. The molecule has 2 unspecified atom stereocenters. The summed E-state index contributed by atoms with van der Waals surface area (Å²) in [6.07, 6.45) is 5.85. The number of amides is 2. The summed E-state index contributed by atoms with van der Waals surface area (Å²) in [5.41, 5.74) is 1.50. The molecule has 2 saturated heterocycles. The fourth-order valence-electron chi connectivity index (χ4n) is 6.45. The quantitative estimate of drug-likeness (QED) is 0.0872. The summed E-state index contributed by atoms with van der Waals surface area (Å²) in [6.45, 7) is 3.01. The molecule has 2 aliphatic rings. The van der Waals surface area contributed by atoms with Crippen molar-refractivity contribution < 1.29 is 28.7 Å². The van der Waals surface area contributed by atoms with Gasteiger partial charge in [-0.25, -0.2) is 0 Å². The van der Waals surface area contributed by atoms with E-state index in [2.05, 4.69) is 41.7 Å². The van der Waals surface area contributed by atoms with E-state index in [1.165, 1.54) is 22.7 Å². The second kappa shape index (κ2) is 20.2. The van der Waals surface area contributed by atoms with Gasteiger partial charge in [-0.05, 0) is 75.8 Å². The summed E-state index contributed by atoms with van der Waals surface area (Å²) in [5.74, 6) is -2.83. The van der Waals surface area contributed by atoms with Crippen LogP contribution in [0, 0.1) is 11.8 Å². The molecule has 0 bridgehead atoms. The zero-order valence-electron chi connectivity index (χ0n) is 30.0. The maximum absolute atomic E-state index is 13.4. The molecule has 2 aromatic heterocycles. The van der Waals surface area contributed by atoms with Gasteiger partial charge in [-0.15, -0.1) is 20.4 Å². The summed E-state index contributed by atoms with van der Waals surface area (Å²) < 4.78 is 11.3. The Morgan fingerprint density at radius 3 is 1.39 bits per heavy atom. The molecule has 2 fully saturated rings. The van der Waals surface area contributed by atoms with Crippen molar-refractivity contribution in [2.75, 3.05) is 50.0 Å².